The third-order valence-corrected chi connectivity index (χ3v) is 6.37. The number of pyridine rings is 2. The summed E-state index contributed by atoms with van der Waals surface area (Å²) < 4.78 is 13.2. The highest BCUT2D eigenvalue weighted by atomic mass is 16.6. The Balaban J connectivity index is 1.21. The van der Waals surface area contributed by atoms with E-state index in [1.165, 1.54) is 35.4 Å². The van der Waals surface area contributed by atoms with E-state index in [0.717, 1.165) is 0 Å². The molecule has 5 N–H and O–H groups in total. The first kappa shape index (κ1) is 25.3. The molecule has 1 aromatic carbocycles. The highest BCUT2D eigenvalue weighted by Crippen LogP contribution is 2.32. The van der Waals surface area contributed by atoms with Crippen LogP contribution in [-0.4, -0.2) is 71.5 Å². The van der Waals surface area contributed by atoms with Gasteiger partial charge >= 0.3 is 5.97 Å². The molecule has 0 unspecified atom stereocenters. The zero-order chi connectivity index (χ0) is 26.8. The van der Waals surface area contributed by atoms with Crippen LogP contribution in [-0.2, 0) is 11.2 Å². The Bertz CT molecular complexity index is 1490. The average Bonchev–Trinajstić information content (AvgIpc) is 3.48. The third kappa shape index (κ3) is 4.92. The summed E-state index contributed by atoms with van der Waals surface area (Å²) in [4.78, 5) is 36.7. The summed E-state index contributed by atoms with van der Waals surface area (Å²) in [7, 11) is 0. The Morgan fingerprint density at radius 1 is 1.03 bits per heavy atom. The molecule has 196 valence electrons. The minimum atomic E-state index is -1.25. The number of nitrogens with zero attached hydrogens (tertiary/aromatic N) is 4. The number of aromatic nitrogens is 4. The van der Waals surface area contributed by atoms with Crippen molar-refractivity contribution < 1.29 is 34.4 Å². The van der Waals surface area contributed by atoms with E-state index in [1.807, 2.05) is 0 Å². The molecule has 4 atom stereocenters. The Kier molecular flexibility index (Phi) is 7.01. The number of anilines is 1. The first-order valence-corrected chi connectivity index (χ1v) is 11.9. The smallest absolute Gasteiger partial charge is 0.336 e. The van der Waals surface area contributed by atoms with E-state index in [-0.39, 0.29) is 36.4 Å². The summed E-state index contributed by atoms with van der Waals surface area (Å²) in [6.07, 6.45) is 0.566. The van der Waals surface area contributed by atoms with Gasteiger partial charge in [0.2, 0.25) is 0 Å². The molecule has 3 aromatic heterocycles. The van der Waals surface area contributed by atoms with Gasteiger partial charge < -0.3 is 30.5 Å². The van der Waals surface area contributed by atoms with E-state index < -0.39 is 30.5 Å². The number of imidazole rings is 1. The number of benzene rings is 1. The van der Waals surface area contributed by atoms with E-state index >= 15 is 0 Å². The number of carboxylic acids is 1. The maximum Gasteiger partial charge on any atom is 0.336 e. The van der Waals surface area contributed by atoms with E-state index in [4.69, 9.17) is 15.2 Å². The molecule has 0 bridgehead atoms. The zero-order valence-corrected chi connectivity index (χ0v) is 20.0. The lowest BCUT2D eigenvalue weighted by molar-refractivity contribution is -0.0474. The normalized spacial score (nSPS) is 21.0. The van der Waals surface area contributed by atoms with Gasteiger partial charge in [0.25, 0.3) is 0 Å². The van der Waals surface area contributed by atoms with E-state index in [2.05, 4.69) is 15.0 Å². The number of ketones is 1. The number of carboxylic acid groups (broad SMARTS) is 1. The number of nitrogens with two attached hydrogens (primary N) is 1. The van der Waals surface area contributed by atoms with Crippen LogP contribution >= 0.6 is 0 Å². The highest BCUT2D eigenvalue weighted by molar-refractivity contribution is 6.05. The Labute approximate surface area is 216 Å². The quantitative estimate of drug-likeness (QED) is 0.236. The van der Waals surface area contributed by atoms with Crippen LogP contribution in [0.3, 0.4) is 0 Å². The number of aliphatic hydroxyl groups is 2. The Hall–Kier alpha value is -4.39. The first-order chi connectivity index (χ1) is 18.3. The maximum absolute atomic E-state index is 12.6. The summed E-state index contributed by atoms with van der Waals surface area (Å²) in [6, 6.07) is 11.0. The largest absolute Gasteiger partial charge is 0.491 e. The number of rotatable bonds is 9. The zero-order valence-electron chi connectivity index (χ0n) is 20.0. The van der Waals surface area contributed by atoms with Gasteiger partial charge in [-0.15, -0.1) is 0 Å². The van der Waals surface area contributed by atoms with Gasteiger partial charge in [-0.25, -0.2) is 14.8 Å². The van der Waals surface area contributed by atoms with Crippen LogP contribution in [0, 0.1) is 0 Å². The number of nitrogen functional groups attached to an aromatic ring is 1. The molecule has 1 saturated heterocycles. The van der Waals surface area contributed by atoms with Crippen molar-refractivity contribution >= 4 is 28.6 Å². The first-order valence-electron chi connectivity index (χ1n) is 11.9. The van der Waals surface area contributed by atoms with Crippen LogP contribution in [0.4, 0.5) is 5.69 Å². The molecule has 1 aliphatic rings. The van der Waals surface area contributed by atoms with E-state index in [1.54, 1.807) is 30.3 Å². The van der Waals surface area contributed by atoms with Crippen molar-refractivity contribution in [2.45, 2.75) is 37.4 Å². The van der Waals surface area contributed by atoms with Gasteiger partial charge in [0.05, 0.1) is 17.6 Å². The molecule has 1 aliphatic heterocycles. The van der Waals surface area contributed by atoms with Crippen molar-refractivity contribution in [2.24, 2.45) is 0 Å². The van der Waals surface area contributed by atoms with Crippen LogP contribution in [0.15, 0.2) is 61.2 Å². The number of hydrogen-bond donors (Lipinski definition) is 4. The van der Waals surface area contributed by atoms with Gasteiger partial charge in [0.1, 0.15) is 36.2 Å². The van der Waals surface area contributed by atoms with E-state index in [9.17, 15) is 24.9 Å². The number of aliphatic hydroxyl groups excluding tert-OH is 2. The van der Waals surface area contributed by atoms with Gasteiger partial charge in [0.15, 0.2) is 17.7 Å². The predicted molar refractivity (Wildman–Crippen MR) is 134 cm³/mol. The van der Waals surface area contributed by atoms with Crippen molar-refractivity contribution in [1.82, 2.24) is 19.5 Å². The number of aromatic carboxylic acids is 1. The van der Waals surface area contributed by atoms with Gasteiger partial charge in [-0.3, -0.25) is 14.3 Å². The highest BCUT2D eigenvalue weighted by Gasteiger charge is 2.44. The molecule has 12 nitrogen and oxygen atoms in total. The molecule has 4 aromatic rings. The lowest BCUT2D eigenvalue weighted by Gasteiger charge is -2.16. The number of aryl methyl sites for hydroxylation is 1. The summed E-state index contributed by atoms with van der Waals surface area (Å²) in [6.45, 7) is -0.0642. The van der Waals surface area contributed by atoms with E-state index in [0.29, 0.717) is 28.3 Å². The fourth-order valence-corrected chi connectivity index (χ4v) is 4.39. The van der Waals surface area contributed by atoms with Crippen LogP contribution in [0.1, 0.15) is 39.1 Å². The van der Waals surface area contributed by atoms with Crippen molar-refractivity contribution in [1.29, 1.82) is 0 Å². The summed E-state index contributed by atoms with van der Waals surface area (Å²) in [5.41, 5.74) is 7.93. The fraction of sp³-hybridized carbons (Fsp3) is 0.269. The number of carbonyl (C=O) groups excluding carboxylic acids is 1. The predicted octanol–water partition coefficient (Wildman–Crippen LogP) is 1.62. The molecule has 0 amide bonds. The topological polar surface area (TPSA) is 183 Å². The molecule has 12 heteroatoms. The SMILES string of the molecule is Nc1ccnc2c1ncn2[C@@H]1O[C@H](COc2ccnc(CCC(=O)c3ccccc3C(=O)O)c2)[C@@H](O)[C@H]1O. The number of fused-ring (bicyclic) bond motifs is 1. The molecule has 1 fully saturated rings. The monoisotopic (exact) mass is 519 g/mol. The number of ether oxygens (including phenoxy) is 2. The van der Waals surface area contributed by atoms with Crippen LogP contribution < -0.4 is 10.5 Å². The minimum absolute atomic E-state index is 0.0407. The number of carbonyl (C=O) groups is 2. The standard InChI is InChI=1S/C26H25N5O7/c27-18-8-10-29-24-21(18)30-13-31(24)25-23(34)22(33)20(38-25)12-37-15-7-9-28-14(11-15)5-6-19(32)16-3-1-2-4-17(16)26(35)36/h1-4,7-11,13,20,22-23,25,33-34H,5-6,12H2,(H2,27,29)(H,35,36)/t20-,22-,23-,25-/m1/s1. The van der Waals surface area contributed by atoms with Gasteiger partial charge in [-0.05, 0) is 24.6 Å². The van der Waals surface area contributed by atoms with Crippen LogP contribution in [0.5, 0.6) is 5.75 Å². The van der Waals surface area contributed by atoms with Gasteiger partial charge in [-0.1, -0.05) is 18.2 Å². The molecule has 5 rings (SSSR count). The summed E-state index contributed by atoms with van der Waals surface area (Å²) >= 11 is 0. The molecule has 0 spiro atoms. The molecular formula is C26H25N5O7. The van der Waals surface area contributed by atoms with Crippen molar-refractivity contribution in [2.75, 3.05) is 12.3 Å². The fourth-order valence-electron chi connectivity index (χ4n) is 4.39. The second kappa shape index (κ2) is 10.5. The molecule has 38 heavy (non-hydrogen) atoms. The minimum Gasteiger partial charge on any atom is -0.491 e. The average molecular weight is 520 g/mol. The lowest BCUT2D eigenvalue weighted by Crippen LogP contribution is -2.34. The Morgan fingerprint density at radius 3 is 2.58 bits per heavy atom. The molecule has 0 saturated carbocycles. The third-order valence-electron chi connectivity index (χ3n) is 6.37. The lowest BCUT2D eigenvalue weighted by atomic mass is 10.00. The van der Waals surface area contributed by atoms with Crippen LogP contribution in [0.25, 0.3) is 11.2 Å². The maximum atomic E-state index is 12.6. The second-order valence-corrected chi connectivity index (χ2v) is 8.84. The van der Waals surface area contributed by atoms with Gasteiger partial charge in [-0.2, -0.15) is 0 Å². The van der Waals surface area contributed by atoms with Crippen molar-refractivity contribution in [3.8, 4) is 5.75 Å². The summed E-state index contributed by atoms with van der Waals surface area (Å²) in [5.74, 6) is -1.03. The molecule has 0 radical (unpaired) electrons. The number of hydrogen-bond acceptors (Lipinski definition) is 10. The number of Topliss-reactive ketones (excluding diaryl/α,β-unsaturated/α-hetero) is 1. The molecule has 4 heterocycles. The van der Waals surface area contributed by atoms with Gasteiger partial charge in [0, 0.05) is 36.1 Å². The van der Waals surface area contributed by atoms with Crippen molar-refractivity contribution in [3.63, 3.8) is 0 Å². The molecule has 0 aliphatic carbocycles. The van der Waals surface area contributed by atoms with Crippen LogP contribution in [0.2, 0.25) is 0 Å². The second-order valence-electron chi connectivity index (χ2n) is 8.84. The Morgan fingerprint density at radius 2 is 1.79 bits per heavy atom. The van der Waals surface area contributed by atoms with Crippen molar-refractivity contribution in [3.05, 3.63) is 78.0 Å². The molecular weight excluding hydrogens is 494 g/mol. The summed E-state index contributed by atoms with van der Waals surface area (Å²) in [5, 5.41) is 30.5.